The Morgan fingerprint density at radius 2 is 2.10 bits per heavy atom. The fraction of sp³-hybridized carbons (Fsp3) is 0.933. The molecule has 1 saturated heterocycles. The molecule has 124 valence electrons. The molecule has 0 aromatic carbocycles. The fourth-order valence-electron chi connectivity index (χ4n) is 2.55. The summed E-state index contributed by atoms with van der Waals surface area (Å²) < 4.78 is 5.63. The van der Waals surface area contributed by atoms with Crippen LogP contribution in [0.4, 0.5) is 0 Å². The van der Waals surface area contributed by atoms with E-state index in [1.54, 1.807) is 0 Å². The second-order valence-corrected chi connectivity index (χ2v) is 5.98. The second-order valence-electron chi connectivity index (χ2n) is 5.98. The van der Waals surface area contributed by atoms with Gasteiger partial charge in [-0.25, -0.2) is 0 Å². The first-order chi connectivity index (χ1) is 9.70. The first-order valence-electron chi connectivity index (χ1n) is 8.06. The van der Waals surface area contributed by atoms with E-state index in [0.29, 0.717) is 12.1 Å². The molecular weight excluding hydrogens is 379 g/mol. The van der Waals surface area contributed by atoms with Crippen LogP contribution in [0.3, 0.4) is 0 Å². The van der Waals surface area contributed by atoms with Gasteiger partial charge in [-0.3, -0.25) is 9.89 Å². The molecule has 1 aliphatic heterocycles. The van der Waals surface area contributed by atoms with E-state index in [0.717, 1.165) is 44.7 Å². The molecule has 0 amide bonds. The van der Waals surface area contributed by atoms with E-state index in [9.17, 15) is 0 Å². The van der Waals surface area contributed by atoms with E-state index in [2.05, 4.69) is 36.4 Å². The van der Waals surface area contributed by atoms with Gasteiger partial charge in [-0.05, 0) is 46.6 Å². The third kappa shape index (κ3) is 6.69. The Labute approximate surface area is 146 Å². The normalized spacial score (nSPS) is 23.8. The van der Waals surface area contributed by atoms with Gasteiger partial charge in [0.2, 0.25) is 0 Å². The van der Waals surface area contributed by atoms with Crippen LogP contribution in [0.5, 0.6) is 0 Å². The van der Waals surface area contributed by atoms with Crippen LogP contribution in [0.15, 0.2) is 4.99 Å². The standard InChI is InChI=1S/C15H30N4O.HI/c1-4-16-15(18-11-14-6-5-9-20-14)17-10-12(2)19(3)13-7-8-13;/h12-14H,4-11H2,1-3H3,(H2,16,17,18);1H. The van der Waals surface area contributed by atoms with Crippen molar-refractivity contribution in [3.8, 4) is 0 Å². The Kier molecular flexibility index (Phi) is 8.89. The molecule has 5 nitrogen and oxygen atoms in total. The van der Waals surface area contributed by atoms with Crippen LogP contribution >= 0.6 is 24.0 Å². The van der Waals surface area contributed by atoms with Gasteiger partial charge in [-0.1, -0.05) is 0 Å². The highest BCUT2D eigenvalue weighted by molar-refractivity contribution is 14.0. The summed E-state index contributed by atoms with van der Waals surface area (Å²) in [5.41, 5.74) is 0. The van der Waals surface area contributed by atoms with Gasteiger partial charge in [0.25, 0.3) is 0 Å². The smallest absolute Gasteiger partial charge is 0.191 e. The SMILES string of the molecule is CCNC(=NCC(C)N(C)C1CC1)NCC1CCCO1.I. The third-order valence-corrected chi connectivity index (χ3v) is 4.20. The Morgan fingerprint density at radius 1 is 1.33 bits per heavy atom. The van der Waals surface area contributed by atoms with Gasteiger partial charge in [-0.15, -0.1) is 24.0 Å². The Balaban J connectivity index is 0.00000220. The van der Waals surface area contributed by atoms with Crippen LogP contribution in [-0.4, -0.2) is 62.3 Å². The van der Waals surface area contributed by atoms with E-state index < -0.39 is 0 Å². The van der Waals surface area contributed by atoms with Crippen molar-refractivity contribution in [2.45, 2.75) is 57.7 Å². The number of halogens is 1. The lowest BCUT2D eigenvalue weighted by Crippen LogP contribution is -2.42. The van der Waals surface area contributed by atoms with E-state index in [4.69, 9.17) is 9.73 Å². The van der Waals surface area contributed by atoms with Crippen molar-refractivity contribution in [2.24, 2.45) is 4.99 Å². The molecule has 0 aromatic rings. The Bertz CT molecular complexity index is 317. The van der Waals surface area contributed by atoms with E-state index >= 15 is 0 Å². The molecule has 0 spiro atoms. The summed E-state index contributed by atoms with van der Waals surface area (Å²) >= 11 is 0. The molecule has 0 aromatic heterocycles. The van der Waals surface area contributed by atoms with Crippen molar-refractivity contribution in [1.82, 2.24) is 15.5 Å². The summed E-state index contributed by atoms with van der Waals surface area (Å²) in [4.78, 5) is 7.15. The highest BCUT2D eigenvalue weighted by atomic mass is 127. The average Bonchev–Trinajstić information content (AvgIpc) is 3.17. The molecule has 1 aliphatic carbocycles. The Hall–Kier alpha value is -0.0800. The minimum atomic E-state index is 0. The molecule has 2 aliphatic rings. The molecule has 2 atom stereocenters. The number of hydrogen-bond donors (Lipinski definition) is 2. The molecule has 6 heteroatoms. The summed E-state index contributed by atoms with van der Waals surface area (Å²) in [5.74, 6) is 0.916. The van der Waals surface area contributed by atoms with Crippen LogP contribution in [0.1, 0.15) is 39.5 Å². The molecule has 0 bridgehead atoms. The molecule has 1 heterocycles. The van der Waals surface area contributed by atoms with Crippen molar-refractivity contribution in [2.75, 3.05) is 33.3 Å². The van der Waals surface area contributed by atoms with Crippen molar-refractivity contribution in [3.05, 3.63) is 0 Å². The number of hydrogen-bond acceptors (Lipinski definition) is 3. The summed E-state index contributed by atoms with van der Waals surface area (Å²) in [6.45, 7) is 7.86. The predicted octanol–water partition coefficient (Wildman–Crippen LogP) is 1.82. The van der Waals surface area contributed by atoms with Crippen LogP contribution in [0.25, 0.3) is 0 Å². The topological polar surface area (TPSA) is 48.9 Å². The zero-order valence-corrected chi connectivity index (χ0v) is 15.9. The number of rotatable bonds is 7. The lowest BCUT2D eigenvalue weighted by atomic mass is 10.2. The summed E-state index contributed by atoms with van der Waals surface area (Å²) in [5, 5.41) is 6.71. The van der Waals surface area contributed by atoms with Gasteiger partial charge in [0.05, 0.1) is 12.6 Å². The third-order valence-electron chi connectivity index (χ3n) is 4.20. The van der Waals surface area contributed by atoms with Gasteiger partial charge in [0.1, 0.15) is 0 Å². The van der Waals surface area contributed by atoms with Crippen LogP contribution in [0, 0.1) is 0 Å². The summed E-state index contributed by atoms with van der Waals surface area (Å²) in [6.07, 6.45) is 5.39. The van der Waals surface area contributed by atoms with Crippen molar-refractivity contribution in [3.63, 3.8) is 0 Å². The largest absolute Gasteiger partial charge is 0.376 e. The van der Waals surface area contributed by atoms with E-state index in [1.165, 1.54) is 19.3 Å². The second kappa shape index (κ2) is 9.84. The average molecular weight is 410 g/mol. The monoisotopic (exact) mass is 410 g/mol. The quantitative estimate of drug-likeness (QED) is 0.382. The first-order valence-corrected chi connectivity index (χ1v) is 8.06. The van der Waals surface area contributed by atoms with Gasteiger partial charge in [0, 0.05) is 31.8 Å². The number of guanidine groups is 1. The highest BCUT2D eigenvalue weighted by Crippen LogP contribution is 2.26. The minimum Gasteiger partial charge on any atom is -0.376 e. The maximum absolute atomic E-state index is 5.63. The molecule has 2 fully saturated rings. The maximum Gasteiger partial charge on any atom is 0.191 e. The predicted molar refractivity (Wildman–Crippen MR) is 98.6 cm³/mol. The fourth-order valence-corrected chi connectivity index (χ4v) is 2.55. The maximum atomic E-state index is 5.63. The molecule has 2 N–H and O–H groups in total. The van der Waals surface area contributed by atoms with Gasteiger partial charge >= 0.3 is 0 Å². The first kappa shape index (κ1) is 19.0. The molecule has 0 radical (unpaired) electrons. The number of nitrogens with one attached hydrogen (secondary N) is 2. The number of ether oxygens (including phenoxy) is 1. The van der Waals surface area contributed by atoms with Crippen molar-refractivity contribution < 1.29 is 4.74 Å². The number of likely N-dealkylation sites (N-methyl/N-ethyl adjacent to an activating group) is 1. The van der Waals surface area contributed by atoms with E-state index in [1.807, 2.05) is 0 Å². The minimum absolute atomic E-state index is 0. The van der Waals surface area contributed by atoms with Gasteiger partial charge in [-0.2, -0.15) is 0 Å². The summed E-state index contributed by atoms with van der Waals surface area (Å²) in [7, 11) is 2.21. The zero-order chi connectivity index (χ0) is 14.4. The summed E-state index contributed by atoms with van der Waals surface area (Å²) in [6, 6.07) is 1.29. The van der Waals surface area contributed by atoms with Crippen LogP contribution in [0.2, 0.25) is 0 Å². The van der Waals surface area contributed by atoms with Gasteiger partial charge in [0.15, 0.2) is 5.96 Å². The van der Waals surface area contributed by atoms with Crippen molar-refractivity contribution in [1.29, 1.82) is 0 Å². The lowest BCUT2D eigenvalue weighted by molar-refractivity contribution is 0.114. The zero-order valence-electron chi connectivity index (χ0n) is 13.6. The molecule has 1 saturated carbocycles. The Morgan fingerprint density at radius 3 is 2.67 bits per heavy atom. The molecular formula is C15H31IN4O. The van der Waals surface area contributed by atoms with Gasteiger partial charge < -0.3 is 15.4 Å². The van der Waals surface area contributed by atoms with E-state index in [-0.39, 0.29) is 24.0 Å². The van der Waals surface area contributed by atoms with Crippen LogP contribution in [-0.2, 0) is 4.74 Å². The molecule has 2 rings (SSSR count). The number of aliphatic imine (C=N–C) groups is 1. The number of nitrogens with zero attached hydrogens (tertiary/aromatic N) is 2. The highest BCUT2D eigenvalue weighted by Gasteiger charge is 2.28. The lowest BCUT2D eigenvalue weighted by Gasteiger charge is -2.23. The molecule has 21 heavy (non-hydrogen) atoms. The molecule has 2 unspecified atom stereocenters. The van der Waals surface area contributed by atoms with Crippen LogP contribution < -0.4 is 10.6 Å². The van der Waals surface area contributed by atoms with Crippen molar-refractivity contribution >= 4 is 29.9 Å².